The first kappa shape index (κ1) is 12.7. The summed E-state index contributed by atoms with van der Waals surface area (Å²) in [5, 5.41) is 0. The molecule has 1 heteroatoms. The molecule has 0 aliphatic heterocycles. The summed E-state index contributed by atoms with van der Waals surface area (Å²) in [6.07, 6.45) is 3.36. The van der Waals surface area contributed by atoms with Gasteiger partial charge in [-0.2, -0.15) is 0 Å². The van der Waals surface area contributed by atoms with Gasteiger partial charge in [0, 0.05) is 4.47 Å². The lowest BCUT2D eigenvalue weighted by molar-refractivity contribution is 1.19. The van der Waals surface area contributed by atoms with Crippen molar-refractivity contribution in [1.29, 1.82) is 0 Å². The van der Waals surface area contributed by atoms with Gasteiger partial charge in [0.05, 0.1) is 0 Å². The van der Waals surface area contributed by atoms with Crippen molar-refractivity contribution in [3.05, 3.63) is 62.6 Å². The van der Waals surface area contributed by atoms with Gasteiger partial charge in [0.25, 0.3) is 0 Å². The molecule has 96 valence electrons. The van der Waals surface area contributed by atoms with Crippen LogP contribution in [0.1, 0.15) is 29.2 Å². The van der Waals surface area contributed by atoms with Gasteiger partial charge < -0.3 is 0 Å². The van der Waals surface area contributed by atoms with E-state index in [9.17, 15) is 0 Å². The molecule has 0 amide bonds. The van der Waals surface area contributed by atoms with E-state index >= 15 is 0 Å². The van der Waals surface area contributed by atoms with Gasteiger partial charge in [0.1, 0.15) is 0 Å². The molecule has 1 aliphatic rings. The summed E-state index contributed by atoms with van der Waals surface area (Å²) in [4.78, 5) is 0. The van der Waals surface area contributed by atoms with Crippen LogP contribution in [0.15, 0.2) is 40.4 Å². The third kappa shape index (κ3) is 2.17. The largest absolute Gasteiger partial charge is 0.0683 e. The Labute approximate surface area is 123 Å². The number of halogens is 1. The Morgan fingerprint density at radius 3 is 2.63 bits per heavy atom. The summed E-state index contributed by atoms with van der Waals surface area (Å²) < 4.78 is 1.21. The molecule has 0 unspecified atom stereocenters. The third-order valence-corrected chi connectivity index (χ3v) is 4.65. The van der Waals surface area contributed by atoms with E-state index in [1.54, 1.807) is 0 Å². The summed E-state index contributed by atoms with van der Waals surface area (Å²) in [5.74, 6) is 0. The van der Waals surface area contributed by atoms with Crippen LogP contribution in [0.5, 0.6) is 0 Å². The summed E-state index contributed by atoms with van der Waals surface area (Å²) in [6.45, 7) is 6.58. The van der Waals surface area contributed by atoms with Gasteiger partial charge in [-0.25, -0.2) is 0 Å². The number of benzene rings is 2. The first-order chi connectivity index (χ1) is 9.06. The average molecular weight is 313 g/mol. The molecule has 0 aromatic heterocycles. The highest BCUT2D eigenvalue weighted by Crippen LogP contribution is 2.36. The maximum absolute atomic E-state index is 3.72. The summed E-state index contributed by atoms with van der Waals surface area (Å²) in [5.41, 5.74) is 9.60. The molecule has 0 radical (unpaired) electrons. The second-order valence-electron chi connectivity index (χ2n) is 5.45. The van der Waals surface area contributed by atoms with Crippen molar-refractivity contribution in [2.24, 2.45) is 0 Å². The van der Waals surface area contributed by atoms with E-state index in [1.807, 2.05) is 0 Å². The summed E-state index contributed by atoms with van der Waals surface area (Å²) in [6, 6.07) is 11.1. The molecule has 19 heavy (non-hydrogen) atoms. The van der Waals surface area contributed by atoms with Crippen LogP contribution >= 0.6 is 15.9 Å². The Hall–Kier alpha value is -1.34. The van der Waals surface area contributed by atoms with Crippen LogP contribution in [0.2, 0.25) is 0 Å². The van der Waals surface area contributed by atoms with Crippen molar-refractivity contribution in [1.82, 2.24) is 0 Å². The zero-order valence-electron chi connectivity index (χ0n) is 11.5. The van der Waals surface area contributed by atoms with Crippen LogP contribution < -0.4 is 0 Å². The third-order valence-electron chi connectivity index (χ3n) is 3.99. The van der Waals surface area contributed by atoms with Crippen molar-refractivity contribution in [2.75, 3.05) is 0 Å². The molecule has 0 heterocycles. The van der Waals surface area contributed by atoms with E-state index in [4.69, 9.17) is 0 Å². The van der Waals surface area contributed by atoms with E-state index in [0.717, 1.165) is 6.42 Å². The van der Waals surface area contributed by atoms with Crippen LogP contribution in [-0.4, -0.2) is 0 Å². The fraction of sp³-hybridized carbons (Fsp3) is 0.222. The molecule has 0 atom stereocenters. The lowest BCUT2D eigenvalue weighted by atomic mass is 9.94. The van der Waals surface area contributed by atoms with Gasteiger partial charge in [0.15, 0.2) is 0 Å². The monoisotopic (exact) mass is 312 g/mol. The zero-order valence-corrected chi connectivity index (χ0v) is 13.1. The van der Waals surface area contributed by atoms with Crippen molar-refractivity contribution < 1.29 is 0 Å². The van der Waals surface area contributed by atoms with Crippen LogP contribution in [0, 0.1) is 13.8 Å². The minimum atomic E-state index is 1.08. The Morgan fingerprint density at radius 2 is 1.84 bits per heavy atom. The van der Waals surface area contributed by atoms with Gasteiger partial charge in [-0.05, 0) is 66.6 Å². The highest BCUT2D eigenvalue weighted by Gasteiger charge is 2.15. The van der Waals surface area contributed by atoms with Gasteiger partial charge in [0.2, 0.25) is 0 Å². The quantitative estimate of drug-likeness (QED) is 0.634. The molecule has 0 spiro atoms. The molecule has 0 fully saturated rings. The maximum atomic E-state index is 3.72. The summed E-state index contributed by atoms with van der Waals surface area (Å²) in [7, 11) is 0. The van der Waals surface area contributed by atoms with E-state index in [2.05, 4.69) is 73.1 Å². The molecular weight excluding hydrogens is 296 g/mol. The van der Waals surface area contributed by atoms with E-state index in [-0.39, 0.29) is 0 Å². The number of aryl methyl sites for hydroxylation is 1. The van der Waals surface area contributed by atoms with Crippen molar-refractivity contribution in [3.63, 3.8) is 0 Å². The molecule has 2 aromatic carbocycles. The zero-order chi connectivity index (χ0) is 13.6. The normalized spacial score (nSPS) is 13.4. The van der Waals surface area contributed by atoms with Gasteiger partial charge in [-0.3, -0.25) is 0 Å². The summed E-state index contributed by atoms with van der Waals surface area (Å²) >= 11 is 3.72. The van der Waals surface area contributed by atoms with Crippen LogP contribution in [0.3, 0.4) is 0 Å². The molecule has 0 saturated carbocycles. The van der Waals surface area contributed by atoms with Gasteiger partial charge in [-0.1, -0.05) is 51.8 Å². The second kappa shape index (κ2) is 4.64. The molecule has 3 rings (SSSR count). The second-order valence-corrected chi connectivity index (χ2v) is 6.30. The van der Waals surface area contributed by atoms with Crippen LogP contribution in [0.25, 0.3) is 17.2 Å². The predicted octanol–water partition coefficient (Wildman–Crippen LogP) is 5.69. The number of hydrogen-bond donors (Lipinski definition) is 0. The Kier molecular flexibility index (Phi) is 3.10. The van der Waals surface area contributed by atoms with Crippen molar-refractivity contribution in [3.8, 4) is 11.1 Å². The van der Waals surface area contributed by atoms with E-state index in [1.165, 1.54) is 43.4 Å². The lowest BCUT2D eigenvalue weighted by Gasteiger charge is -2.12. The highest BCUT2D eigenvalue weighted by atomic mass is 79.9. The molecule has 0 N–H and O–H groups in total. The number of fused-ring (bicyclic) bond motifs is 1. The van der Waals surface area contributed by atoms with E-state index in [0.29, 0.717) is 0 Å². The van der Waals surface area contributed by atoms with Crippen LogP contribution in [-0.2, 0) is 6.42 Å². The van der Waals surface area contributed by atoms with Crippen LogP contribution in [0.4, 0.5) is 0 Å². The number of hydrogen-bond acceptors (Lipinski definition) is 0. The fourth-order valence-corrected chi connectivity index (χ4v) is 3.42. The standard InChI is InChI=1S/C18H17Br/c1-11-7-14-9-15(10-18(19)17(14)8-11)16-6-4-5-12(2)13(16)3/h4-6,8-10H,7H2,1-3H3. The Bertz CT molecular complexity index is 693. The molecule has 2 aromatic rings. The smallest absolute Gasteiger partial charge is 0.0256 e. The SMILES string of the molecule is CC1=Cc2c(Br)cc(-c3cccc(C)c3C)cc2C1. The van der Waals surface area contributed by atoms with Gasteiger partial charge >= 0.3 is 0 Å². The van der Waals surface area contributed by atoms with Crippen molar-refractivity contribution >= 4 is 22.0 Å². The Balaban J connectivity index is 2.17. The molecule has 0 saturated heterocycles. The number of allylic oxidation sites excluding steroid dienone is 1. The first-order valence-electron chi connectivity index (χ1n) is 6.62. The molecule has 0 bridgehead atoms. The highest BCUT2D eigenvalue weighted by molar-refractivity contribution is 9.10. The lowest BCUT2D eigenvalue weighted by Crippen LogP contribution is -1.91. The topological polar surface area (TPSA) is 0 Å². The minimum absolute atomic E-state index is 1.08. The first-order valence-corrected chi connectivity index (χ1v) is 7.42. The Morgan fingerprint density at radius 1 is 1.05 bits per heavy atom. The predicted molar refractivity (Wildman–Crippen MR) is 86.4 cm³/mol. The van der Waals surface area contributed by atoms with Gasteiger partial charge in [-0.15, -0.1) is 0 Å². The number of rotatable bonds is 1. The van der Waals surface area contributed by atoms with Crippen molar-refractivity contribution in [2.45, 2.75) is 27.2 Å². The molecular formula is C18H17Br. The molecule has 0 nitrogen and oxygen atoms in total. The fourth-order valence-electron chi connectivity index (χ4n) is 2.80. The maximum Gasteiger partial charge on any atom is 0.0256 e. The molecule has 1 aliphatic carbocycles. The minimum Gasteiger partial charge on any atom is -0.0683 e. The average Bonchev–Trinajstić information content (AvgIpc) is 2.74. The van der Waals surface area contributed by atoms with E-state index < -0.39 is 0 Å².